The third kappa shape index (κ3) is 9.11. The standard InChI is InChI=1S/C44H55N7O7/c1-25(2)37(48-43(55)57-6)41(53)50-20-8-10-35(50)39-45-24-34(47-39)33-19-18-31-22-30(16-17-32(31)23-33)29-14-12-28(13-15-29)27(5)46-40(52)36-11-9-21-51(36)42(54)38(26(3)4)49-44(56)58-7/h12-19,22-27,35-38H,8-11,20-21H2,1-7H3,(H,45,47)(H,46,52)(H,48,55)(H,49,56)/t27-,35+,36+,37+,38+/m1/s1. The van der Waals surface area contributed by atoms with E-state index in [0.717, 1.165) is 57.4 Å². The van der Waals surface area contributed by atoms with Gasteiger partial charge in [-0.15, -0.1) is 0 Å². The average Bonchev–Trinajstić information content (AvgIpc) is 4.02. The third-order valence-corrected chi connectivity index (χ3v) is 11.3. The van der Waals surface area contributed by atoms with Crippen molar-refractivity contribution in [2.45, 2.75) is 90.5 Å². The number of hydrogen-bond acceptors (Lipinski definition) is 8. The van der Waals surface area contributed by atoms with Crippen LogP contribution in [0.25, 0.3) is 33.2 Å². The van der Waals surface area contributed by atoms with Gasteiger partial charge in [-0.3, -0.25) is 14.4 Å². The normalized spacial score (nSPS) is 18.2. The van der Waals surface area contributed by atoms with Gasteiger partial charge in [-0.25, -0.2) is 14.6 Å². The van der Waals surface area contributed by atoms with E-state index in [9.17, 15) is 24.0 Å². The topological polar surface area (TPSA) is 175 Å². The fourth-order valence-electron chi connectivity index (χ4n) is 7.98. The maximum Gasteiger partial charge on any atom is 0.407 e. The lowest BCUT2D eigenvalue weighted by Crippen LogP contribution is -2.55. The van der Waals surface area contributed by atoms with Crippen molar-refractivity contribution in [3.63, 3.8) is 0 Å². The molecule has 0 spiro atoms. The highest BCUT2D eigenvalue weighted by atomic mass is 16.5. The van der Waals surface area contributed by atoms with Gasteiger partial charge in [-0.2, -0.15) is 0 Å². The molecule has 5 amide bonds. The molecule has 14 nitrogen and oxygen atoms in total. The van der Waals surface area contributed by atoms with Crippen LogP contribution in [-0.2, 0) is 23.9 Å². The van der Waals surface area contributed by atoms with Crippen molar-refractivity contribution >= 4 is 40.7 Å². The zero-order valence-electron chi connectivity index (χ0n) is 34.3. The smallest absolute Gasteiger partial charge is 0.407 e. The molecule has 2 saturated heterocycles. The molecular weight excluding hydrogens is 739 g/mol. The van der Waals surface area contributed by atoms with E-state index in [1.165, 1.54) is 14.2 Å². The van der Waals surface area contributed by atoms with Crippen molar-refractivity contribution in [2.24, 2.45) is 11.8 Å². The van der Waals surface area contributed by atoms with E-state index < -0.39 is 30.3 Å². The van der Waals surface area contributed by atoms with Crippen LogP contribution in [0.3, 0.4) is 0 Å². The van der Waals surface area contributed by atoms with Gasteiger partial charge in [-0.1, -0.05) is 76.2 Å². The minimum atomic E-state index is -0.788. The van der Waals surface area contributed by atoms with Crippen molar-refractivity contribution in [3.05, 3.63) is 78.2 Å². The third-order valence-electron chi connectivity index (χ3n) is 11.3. The first-order valence-electron chi connectivity index (χ1n) is 20.1. The van der Waals surface area contributed by atoms with Gasteiger partial charge >= 0.3 is 12.2 Å². The van der Waals surface area contributed by atoms with Gasteiger partial charge in [0.1, 0.15) is 23.9 Å². The zero-order valence-corrected chi connectivity index (χ0v) is 34.3. The summed E-state index contributed by atoms with van der Waals surface area (Å²) in [5.74, 6) is -0.224. The number of aromatic amines is 1. The predicted octanol–water partition coefficient (Wildman–Crippen LogP) is 6.49. The number of hydrogen-bond donors (Lipinski definition) is 4. The first-order valence-corrected chi connectivity index (χ1v) is 20.1. The molecule has 0 unspecified atom stereocenters. The molecule has 0 aliphatic carbocycles. The Kier molecular flexibility index (Phi) is 13.0. The lowest BCUT2D eigenvalue weighted by atomic mass is 9.97. The number of H-pyrrole nitrogens is 1. The number of rotatable bonds is 12. The zero-order chi connectivity index (χ0) is 41.7. The average molecular weight is 794 g/mol. The second-order valence-corrected chi connectivity index (χ2v) is 15.9. The SMILES string of the molecule is COC(=O)N[C@H](C(=O)N1CCC[C@H]1C(=O)N[C@H](C)c1ccc(-c2ccc3cc(-c4cnc([C@@H]5CCCN5C(=O)[C@@H](NC(=O)OC)C(C)C)[nH]4)ccc3c2)cc1)C(C)C. The molecule has 1 aromatic heterocycles. The molecule has 58 heavy (non-hydrogen) atoms. The fourth-order valence-corrected chi connectivity index (χ4v) is 7.98. The van der Waals surface area contributed by atoms with E-state index in [2.05, 4.69) is 57.3 Å². The Labute approximate surface area is 339 Å². The number of nitrogens with zero attached hydrogens (tertiary/aromatic N) is 3. The molecule has 2 fully saturated rings. The molecule has 308 valence electrons. The first-order chi connectivity index (χ1) is 27.8. The summed E-state index contributed by atoms with van der Waals surface area (Å²) in [5, 5.41) is 10.6. The largest absolute Gasteiger partial charge is 0.453 e. The molecule has 6 rings (SSSR count). The van der Waals surface area contributed by atoms with Crippen molar-refractivity contribution in [3.8, 4) is 22.4 Å². The molecule has 4 aromatic rings. The lowest BCUT2D eigenvalue weighted by molar-refractivity contribution is -0.141. The highest BCUT2D eigenvalue weighted by Gasteiger charge is 2.40. The van der Waals surface area contributed by atoms with Gasteiger partial charge < -0.3 is 40.2 Å². The second kappa shape index (κ2) is 18.1. The number of benzene rings is 3. The molecular formula is C44H55N7O7. The number of imidazole rings is 1. The molecule has 0 bridgehead atoms. The van der Waals surface area contributed by atoms with Crippen molar-refractivity contribution in [1.29, 1.82) is 0 Å². The molecule has 2 aliphatic heterocycles. The number of likely N-dealkylation sites (tertiary alicyclic amines) is 2. The second-order valence-electron chi connectivity index (χ2n) is 15.9. The van der Waals surface area contributed by atoms with E-state index in [0.29, 0.717) is 25.9 Å². The number of aromatic nitrogens is 2. The summed E-state index contributed by atoms with van der Waals surface area (Å²) >= 11 is 0. The summed E-state index contributed by atoms with van der Waals surface area (Å²) in [5.41, 5.74) is 4.86. The fraction of sp³-hybridized carbons (Fsp3) is 0.455. The summed E-state index contributed by atoms with van der Waals surface area (Å²) in [6, 6.07) is 18.1. The Hall–Kier alpha value is -5.92. The van der Waals surface area contributed by atoms with Crippen LogP contribution in [0.5, 0.6) is 0 Å². The van der Waals surface area contributed by atoms with Crippen LogP contribution in [0.15, 0.2) is 66.9 Å². The van der Waals surface area contributed by atoms with Crippen LogP contribution in [0.4, 0.5) is 9.59 Å². The van der Waals surface area contributed by atoms with Crippen LogP contribution in [0.1, 0.15) is 83.8 Å². The number of carbonyl (C=O) groups excluding carboxylic acids is 5. The summed E-state index contributed by atoms with van der Waals surface area (Å²) < 4.78 is 9.47. The van der Waals surface area contributed by atoms with Crippen LogP contribution >= 0.6 is 0 Å². The minimum Gasteiger partial charge on any atom is -0.453 e. The summed E-state index contributed by atoms with van der Waals surface area (Å²) in [6.45, 7) is 10.4. The molecule has 5 atom stereocenters. The van der Waals surface area contributed by atoms with Crippen LogP contribution < -0.4 is 16.0 Å². The Morgan fingerprint density at radius 3 is 1.83 bits per heavy atom. The summed E-state index contributed by atoms with van der Waals surface area (Å²) in [4.78, 5) is 75.9. The van der Waals surface area contributed by atoms with E-state index in [4.69, 9.17) is 14.5 Å². The van der Waals surface area contributed by atoms with E-state index in [-0.39, 0.29) is 41.6 Å². The predicted molar refractivity (Wildman–Crippen MR) is 220 cm³/mol. The quantitative estimate of drug-likeness (QED) is 0.126. The molecule has 3 heterocycles. The molecule has 0 saturated carbocycles. The van der Waals surface area contributed by atoms with Gasteiger partial charge in [0.25, 0.3) is 0 Å². The number of carbonyl (C=O) groups is 5. The number of amides is 5. The van der Waals surface area contributed by atoms with Crippen molar-refractivity contribution in [2.75, 3.05) is 27.3 Å². The van der Waals surface area contributed by atoms with Gasteiger partial charge in [0, 0.05) is 18.7 Å². The number of alkyl carbamates (subject to hydrolysis) is 2. The lowest BCUT2D eigenvalue weighted by Gasteiger charge is -2.30. The van der Waals surface area contributed by atoms with E-state index >= 15 is 0 Å². The maximum absolute atomic E-state index is 13.6. The monoisotopic (exact) mass is 793 g/mol. The first kappa shape index (κ1) is 41.7. The van der Waals surface area contributed by atoms with E-state index in [1.54, 1.807) is 16.0 Å². The van der Waals surface area contributed by atoms with Gasteiger partial charge in [0.05, 0.1) is 38.2 Å². The molecule has 0 radical (unpaired) electrons. The maximum atomic E-state index is 13.6. The Morgan fingerprint density at radius 2 is 1.22 bits per heavy atom. The Balaban J connectivity index is 1.10. The Bertz CT molecular complexity index is 2130. The highest BCUT2D eigenvalue weighted by molar-refractivity contribution is 5.93. The van der Waals surface area contributed by atoms with Crippen LogP contribution in [0.2, 0.25) is 0 Å². The molecule has 3 aromatic carbocycles. The molecule has 2 aliphatic rings. The molecule has 4 N–H and O–H groups in total. The van der Waals surface area contributed by atoms with Crippen LogP contribution in [-0.4, -0.2) is 95.1 Å². The summed E-state index contributed by atoms with van der Waals surface area (Å²) in [7, 11) is 2.54. The number of ether oxygens (including phenoxy) is 2. The van der Waals surface area contributed by atoms with Crippen molar-refractivity contribution in [1.82, 2.24) is 35.7 Å². The number of nitrogens with one attached hydrogen (secondary N) is 4. The van der Waals surface area contributed by atoms with Gasteiger partial charge in [-0.05, 0) is 84.0 Å². The van der Waals surface area contributed by atoms with Gasteiger partial charge in [0.15, 0.2) is 0 Å². The van der Waals surface area contributed by atoms with Crippen LogP contribution in [0, 0.1) is 11.8 Å². The number of methoxy groups -OCH3 is 2. The Morgan fingerprint density at radius 1 is 0.690 bits per heavy atom. The molecule has 14 heteroatoms. The van der Waals surface area contributed by atoms with E-state index in [1.807, 2.05) is 58.9 Å². The van der Waals surface area contributed by atoms with Crippen molar-refractivity contribution < 1.29 is 33.4 Å². The van der Waals surface area contributed by atoms with Gasteiger partial charge in [0.2, 0.25) is 17.7 Å². The summed E-state index contributed by atoms with van der Waals surface area (Å²) in [6.07, 6.45) is 3.37. The minimum absolute atomic E-state index is 0.112. The number of fused-ring (bicyclic) bond motifs is 1. The highest BCUT2D eigenvalue weighted by Crippen LogP contribution is 2.34.